The van der Waals surface area contributed by atoms with Crippen LogP contribution in [-0.2, 0) is 19.5 Å². The molecule has 0 saturated carbocycles. The average Bonchev–Trinajstić information content (AvgIpc) is 2.78. The zero-order valence-corrected chi connectivity index (χ0v) is 19.9. The van der Waals surface area contributed by atoms with Gasteiger partial charge in [0, 0.05) is 37.6 Å². The van der Waals surface area contributed by atoms with Gasteiger partial charge in [-0.1, -0.05) is 6.07 Å². The van der Waals surface area contributed by atoms with Crippen LogP contribution in [-0.4, -0.2) is 57.2 Å². The fourth-order valence-electron chi connectivity index (χ4n) is 2.54. The molecule has 0 aliphatic heterocycles. The molecule has 2 rings (SSSR count). The molecule has 12 heteroatoms. The summed E-state index contributed by atoms with van der Waals surface area (Å²) in [6, 6.07) is 7.76. The van der Waals surface area contributed by atoms with Gasteiger partial charge in [-0.2, -0.15) is 0 Å². The van der Waals surface area contributed by atoms with Crippen LogP contribution < -0.4 is 14.8 Å². The summed E-state index contributed by atoms with van der Waals surface area (Å²) >= 11 is 0. The maximum absolute atomic E-state index is 12.7. The lowest BCUT2D eigenvalue weighted by Gasteiger charge is -2.10. The lowest BCUT2D eigenvalue weighted by molar-refractivity contribution is 0.0715. The van der Waals surface area contributed by atoms with Gasteiger partial charge >= 0.3 is 6.16 Å². The Morgan fingerprint density at radius 3 is 2.47 bits per heavy atom. The lowest BCUT2D eigenvalue weighted by atomic mass is 10.2. The van der Waals surface area contributed by atoms with Gasteiger partial charge < -0.3 is 19.5 Å². The molecule has 184 valence electrons. The minimum absolute atomic E-state index is 0.0867. The number of carbonyl (C=O) groups is 3. The molecule has 0 aliphatic carbocycles. The summed E-state index contributed by atoms with van der Waals surface area (Å²) in [5.41, 5.74) is 0.0412. The normalized spacial score (nSPS) is 11.1. The molecule has 2 N–H and O–H groups in total. The summed E-state index contributed by atoms with van der Waals surface area (Å²) in [4.78, 5) is 39.7. The smallest absolute Gasteiger partial charge is 0.431 e. The zero-order chi connectivity index (χ0) is 25.1. The monoisotopic (exact) mass is 493 g/mol. The Morgan fingerprint density at radius 1 is 1.06 bits per heavy atom. The standard InChI is InChI=1S/C22H27N3O8S/c1-4-31-12-6-11-23-20(26)16-7-5-8-18(13-16)34(29,30)25-21(27)17-9-10-19(24-14-17)33-22(28)32-15(2)3/h5,7-10,13-15H,4,6,11-12H2,1-3H3,(H,23,26)(H,25,27). The van der Waals surface area contributed by atoms with Crippen molar-refractivity contribution in [3.05, 3.63) is 53.7 Å². The predicted octanol–water partition coefficient (Wildman–Crippen LogP) is 2.28. The van der Waals surface area contributed by atoms with E-state index in [0.717, 1.165) is 6.20 Å². The number of nitrogens with one attached hydrogen (secondary N) is 2. The Labute approximate surface area is 197 Å². The highest BCUT2D eigenvalue weighted by molar-refractivity contribution is 7.90. The second-order valence-corrected chi connectivity index (χ2v) is 8.86. The van der Waals surface area contributed by atoms with Gasteiger partial charge in [-0.05, 0) is 51.5 Å². The number of hydrogen-bond acceptors (Lipinski definition) is 9. The van der Waals surface area contributed by atoms with Crippen LogP contribution in [0.4, 0.5) is 4.79 Å². The molecule has 34 heavy (non-hydrogen) atoms. The molecule has 0 atom stereocenters. The van der Waals surface area contributed by atoms with E-state index in [2.05, 4.69) is 10.3 Å². The summed E-state index contributed by atoms with van der Waals surface area (Å²) < 4.78 is 42.1. The topological polar surface area (TPSA) is 150 Å². The van der Waals surface area contributed by atoms with Gasteiger partial charge in [-0.25, -0.2) is 22.9 Å². The van der Waals surface area contributed by atoms with Crippen molar-refractivity contribution < 1.29 is 37.0 Å². The molecule has 0 bridgehead atoms. The van der Waals surface area contributed by atoms with Crippen molar-refractivity contribution in [3.8, 4) is 5.88 Å². The van der Waals surface area contributed by atoms with E-state index in [4.69, 9.17) is 14.2 Å². The maximum Gasteiger partial charge on any atom is 0.515 e. The van der Waals surface area contributed by atoms with E-state index in [0.29, 0.717) is 26.2 Å². The third-order valence-corrected chi connectivity index (χ3v) is 5.44. The fraction of sp³-hybridized carbons (Fsp3) is 0.364. The summed E-state index contributed by atoms with van der Waals surface area (Å²) in [7, 11) is -4.27. The van der Waals surface area contributed by atoms with Gasteiger partial charge in [0.15, 0.2) is 0 Å². The first-order chi connectivity index (χ1) is 16.1. The third kappa shape index (κ3) is 8.45. The van der Waals surface area contributed by atoms with Crippen LogP contribution in [0.15, 0.2) is 47.5 Å². The Hall–Kier alpha value is -3.51. The van der Waals surface area contributed by atoms with Crippen LogP contribution in [0.5, 0.6) is 5.88 Å². The first-order valence-electron chi connectivity index (χ1n) is 10.5. The number of hydrogen-bond donors (Lipinski definition) is 2. The van der Waals surface area contributed by atoms with Gasteiger partial charge in [0.05, 0.1) is 16.6 Å². The van der Waals surface area contributed by atoms with Gasteiger partial charge in [0.1, 0.15) is 0 Å². The van der Waals surface area contributed by atoms with E-state index in [1.807, 2.05) is 11.6 Å². The number of rotatable bonds is 11. The van der Waals surface area contributed by atoms with Crippen LogP contribution in [0.3, 0.4) is 0 Å². The second kappa shape index (κ2) is 12.7. The highest BCUT2D eigenvalue weighted by Crippen LogP contribution is 2.14. The predicted molar refractivity (Wildman–Crippen MR) is 121 cm³/mol. The van der Waals surface area contributed by atoms with E-state index < -0.39 is 28.0 Å². The SMILES string of the molecule is CCOCCCNC(=O)c1cccc(S(=O)(=O)NC(=O)c2ccc(OC(=O)OC(C)C)nc2)c1. The van der Waals surface area contributed by atoms with Crippen molar-refractivity contribution in [2.75, 3.05) is 19.8 Å². The quantitative estimate of drug-likeness (QED) is 0.355. The first-order valence-corrected chi connectivity index (χ1v) is 12.0. The van der Waals surface area contributed by atoms with Crippen LogP contribution in [0.2, 0.25) is 0 Å². The molecular formula is C22H27N3O8S. The average molecular weight is 494 g/mol. The van der Waals surface area contributed by atoms with Gasteiger partial charge in [-0.15, -0.1) is 0 Å². The fourth-order valence-corrected chi connectivity index (χ4v) is 3.56. The molecule has 2 amide bonds. The largest absolute Gasteiger partial charge is 0.515 e. The highest BCUT2D eigenvalue weighted by atomic mass is 32.2. The van der Waals surface area contributed by atoms with Crippen LogP contribution in [0.1, 0.15) is 47.9 Å². The van der Waals surface area contributed by atoms with E-state index >= 15 is 0 Å². The van der Waals surface area contributed by atoms with E-state index in [1.54, 1.807) is 13.8 Å². The van der Waals surface area contributed by atoms with Crippen molar-refractivity contribution in [1.29, 1.82) is 0 Å². The summed E-state index contributed by atoms with van der Waals surface area (Å²) in [5.74, 6) is -1.52. The molecule has 0 unspecified atom stereocenters. The Morgan fingerprint density at radius 2 is 1.82 bits per heavy atom. The number of pyridine rings is 1. The summed E-state index contributed by atoms with van der Waals surface area (Å²) in [6.45, 7) is 6.62. The minimum Gasteiger partial charge on any atom is -0.431 e. The molecule has 2 aromatic rings. The van der Waals surface area contributed by atoms with Crippen LogP contribution in [0.25, 0.3) is 0 Å². The number of ether oxygens (including phenoxy) is 3. The van der Waals surface area contributed by atoms with Crippen molar-refractivity contribution >= 4 is 28.0 Å². The Kier molecular flexibility index (Phi) is 9.95. The zero-order valence-electron chi connectivity index (χ0n) is 19.1. The molecule has 11 nitrogen and oxygen atoms in total. The highest BCUT2D eigenvalue weighted by Gasteiger charge is 2.21. The van der Waals surface area contributed by atoms with Crippen molar-refractivity contribution in [3.63, 3.8) is 0 Å². The molecule has 0 saturated heterocycles. The van der Waals surface area contributed by atoms with Gasteiger partial charge in [0.2, 0.25) is 5.88 Å². The first kappa shape index (κ1) is 26.7. The molecule has 1 heterocycles. The van der Waals surface area contributed by atoms with E-state index in [-0.39, 0.29) is 28.0 Å². The Balaban J connectivity index is 2.01. The van der Waals surface area contributed by atoms with Crippen molar-refractivity contribution in [2.45, 2.75) is 38.2 Å². The van der Waals surface area contributed by atoms with E-state index in [1.165, 1.54) is 36.4 Å². The number of amides is 2. The van der Waals surface area contributed by atoms with E-state index in [9.17, 15) is 22.8 Å². The van der Waals surface area contributed by atoms with Crippen LogP contribution in [0, 0.1) is 0 Å². The molecular weight excluding hydrogens is 466 g/mol. The van der Waals surface area contributed by atoms with Crippen molar-refractivity contribution in [2.24, 2.45) is 0 Å². The molecule has 0 fully saturated rings. The number of benzene rings is 1. The van der Waals surface area contributed by atoms with Gasteiger partial charge in [0.25, 0.3) is 21.8 Å². The van der Waals surface area contributed by atoms with Crippen molar-refractivity contribution in [1.82, 2.24) is 15.0 Å². The number of sulfonamides is 1. The summed E-state index contributed by atoms with van der Waals surface area (Å²) in [6.07, 6.45) is 0.326. The number of carbonyl (C=O) groups excluding carboxylic acids is 3. The Bertz CT molecular complexity index is 1100. The molecule has 1 aromatic heterocycles. The molecule has 0 aliphatic rings. The molecule has 0 spiro atoms. The second-order valence-electron chi connectivity index (χ2n) is 7.17. The minimum atomic E-state index is -4.27. The van der Waals surface area contributed by atoms with Gasteiger partial charge in [-0.3, -0.25) is 9.59 Å². The third-order valence-electron chi connectivity index (χ3n) is 4.11. The summed E-state index contributed by atoms with van der Waals surface area (Å²) in [5, 5.41) is 2.68. The van der Waals surface area contributed by atoms with Crippen LogP contribution >= 0.6 is 0 Å². The maximum atomic E-state index is 12.7. The number of nitrogens with zero attached hydrogens (tertiary/aromatic N) is 1. The molecule has 0 radical (unpaired) electrons. The lowest BCUT2D eigenvalue weighted by Crippen LogP contribution is -2.31. The molecule has 1 aromatic carbocycles. The number of aromatic nitrogens is 1.